The molecule has 0 spiro atoms. The van der Waals surface area contributed by atoms with Gasteiger partial charge in [-0.2, -0.15) is 0 Å². The molecule has 0 aromatic heterocycles. The topological polar surface area (TPSA) is 70.5 Å². The van der Waals surface area contributed by atoms with Crippen molar-refractivity contribution in [2.24, 2.45) is 0 Å². The van der Waals surface area contributed by atoms with Crippen LogP contribution in [0.4, 0.5) is 0 Å². The number of rotatable bonds is 1. The highest BCUT2D eigenvalue weighted by Gasteiger charge is 2.31. The van der Waals surface area contributed by atoms with Crippen LogP contribution in [0.1, 0.15) is 26.7 Å². The lowest BCUT2D eigenvalue weighted by molar-refractivity contribution is -0.135. The molecule has 0 saturated carbocycles. The van der Waals surface area contributed by atoms with Crippen LogP contribution in [0, 0.1) is 5.41 Å². The van der Waals surface area contributed by atoms with E-state index in [1.54, 1.807) is 4.90 Å². The summed E-state index contributed by atoms with van der Waals surface area (Å²) in [6, 6.07) is -0.351. The molecule has 1 amide bonds. The van der Waals surface area contributed by atoms with Crippen molar-refractivity contribution in [1.29, 1.82) is 5.41 Å². The number of carbonyl (C=O) groups excluding carboxylic acids is 2. The van der Waals surface area contributed by atoms with Crippen LogP contribution < -0.4 is 0 Å². The van der Waals surface area contributed by atoms with E-state index in [4.69, 9.17) is 5.41 Å². The molecule has 1 rings (SSSR count). The van der Waals surface area contributed by atoms with Gasteiger partial charge in [-0.25, -0.2) is 0 Å². The molecule has 0 unspecified atom stereocenters. The van der Waals surface area contributed by atoms with Crippen molar-refractivity contribution in [3.8, 4) is 0 Å². The van der Waals surface area contributed by atoms with Gasteiger partial charge >= 0.3 is 5.97 Å². The second-order valence-electron chi connectivity index (χ2n) is 3.33. The van der Waals surface area contributed by atoms with Crippen molar-refractivity contribution < 1.29 is 14.3 Å². The quantitative estimate of drug-likeness (QED) is 0.379. The Morgan fingerprint density at radius 3 is 2.57 bits per heavy atom. The lowest BCUT2D eigenvalue weighted by Crippen LogP contribution is -2.40. The molecule has 1 aliphatic heterocycles. The molecule has 1 fully saturated rings. The van der Waals surface area contributed by atoms with E-state index >= 15 is 0 Å². The highest BCUT2D eigenvalue weighted by molar-refractivity contribution is 5.92. The van der Waals surface area contributed by atoms with Crippen LogP contribution in [0.2, 0.25) is 0 Å². The van der Waals surface area contributed by atoms with Gasteiger partial charge in [0.15, 0.2) is 0 Å². The Balaban J connectivity index is 2.62. The summed E-state index contributed by atoms with van der Waals surface area (Å²) in [7, 11) is 0. The average Bonchev–Trinajstić information content (AvgIpc) is 2.49. The zero-order valence-electron chi connectivity index (χ0n) is 8.37. The Labute approximate surface area is 82.5 Å². The minimum atomic E-state index is -0.509. The number of esters is 1. The molecule has 1 atom stereocenters. The third kappa shape index (κ3) is 2.31. The summed E-state index contributed by atoms with van der Waals surface area (Å²) in [5, 5.41) is 7.50. The van der Waals surface area contributed by atoms with E-state index < -0.39 is 5.97 Å². The van der Waals surface area contributed by atoms with Crippen molar-refractivity contribution in [2.45, 2.75) is 32.7 Å². The molecular formula is C9H14N2O3. The summed E-state index contributed by atoms with van der Waals surface area (Å²) in [4.78, 5) is 23.3. The number of ether oxygens (including phenoxy) is 1. The first-order chi connectivity index (χ1) is 6.52. The Morgan fingerprint density at radius 1 is 1.43 bits per heavy atom. The molecule has 14 heavy (non-hydrogen) atoms. The van der Waals surface area contributed by atoms with Crippen LogP contribution in [0.5, 0.6) is 0 Å². The molecule has 1 N–H and O–H groups in total. The van der Waals surface area contributed by atoms with Crippen molar-refractivity contribution in [3.05, 3.63) is 0 Å². The molecule has 0 bridgehead atoms. The first kappa shape index (κ1) is 10.7. The fraction of sp³-hybridized carbons (Fsp3) is 0.667. The van der Waals surface area contributed by atoms with Crippen LogP contribution in [-0.4, -0.2) is 35.3 Å². The van der Waals surface area contributed by atoms with E-state index in [1.807, 2.05) is 0 Å². The Morgan fingerprint density at radius 2 is 2.07 bits per heavy atom. The summed E-state index contributed by atoms with van der Waals surface area (Å²) in [6.45, 7) is 3.35. The molecular weight excluding hydrogens is 184 g/mol. The molecule has 1 heterocycles. The smallest absolute Gasteiger partial charge is 0.309 e. The summed E-state index contributed by atoms with van der Waals surface area (Å²) in [6.07, 6.45) is 1.56. The number of nitrogens with one attached hydrogen (secondary N) is 1. The van der Waals surface area contributed by atoms with E-state index in [0.717, 1.165) is 6.42 Å². The van der Waals surface area contributed by atoms with Gasteiger partial charge in [0.25, 0.3) is 0 Å². The first-order valence-corrected chi connectivity index (χ1v) is 4.56. The van der Waals surface area contributed by atoms with E-state index in [9.17, 15) is 9.59 Å². The standard InChI is InChI=1S/C9H14N2O3/c1-6(12)11-5-3-4-8(11)9(10)14-7(2)13/h8,10H,3-5H2,1-2H3/t8-/m0/s1. The van der Waals surface area contributed by atoms with E-state index in [-0.39, 0.29) is 17.8 Å². The van der Waals surface area contributed by atoms with Crippen LogP contribution >= 0.6 is 0 Å². The number of carbonyl (C=O) groups is 2. The second-order valence-corrected chi connectivity index (χ2v) is 3.33. The maximum Gasteiger partial charge on any atom is 0.309 e. The molecule has 1 saturated heterocycles. The third-order valence-corrected chi connectivity index (χ3v) is 2.21. The van der Waals surface area contributed by atoms with Gasteiger partial charge in [-0.3, -0.25) is 15.0 Å². The van der Waals surface area contributed by atoms with E-state index in [1.165, 1.54) is 13.8 Å². The molecule has 1 aliphatic rings. The Bertz CT molecular complexity index is 275. The summed E-state index contributed by atoms with van der Waals surface area (Å²) >= 11 is 0. The number of nitrogens with zero attached hydrogens (tertiary/aromatic N) is 1. The average molecular weight is 198 g/mol. The zero-order chi connectivity index (χ0) is 10.7. The van der Waals surface area contributed by atoms with Gasteiger partial charge in [0, 0.05) is 20.4 Å². The molecule has 0 aromatic rings. The monoisotopic (exact) mass is 198 g/mol. The van der Waals surface area contributed by atoms with Gasteiger partial charge in [-0.15, -0.1) is 0 Å². The zero-order valence-corrected chi connectivity index (χ0v) is 8.37. The first-order valence-electron chi connectivity index (χ1n) is 4.56. The van der Waals surface area contributed by atoms with Gasteiger partial charge in [-0.05, 0) is 12.8 Å². The Hall–Kier alpha value is -1.39. The van der Waals surface area contributed by atoms with Gasteiger partial charge in [-0.1, -0.05) is 0 Å². The number of hydrogen-bond donors (Lipinski definition) is 1. The molecule has 5 heteroatoms. The number of likely N-dealkylation sites (tertiary alicyclic amines) is 1. The normalized spacial score (nSPS) is 20.7. The fourth-order valence-electron chi connectivity index (χ4n) is 1.64. The van der Waals surface area contributed by atoms with Gasteiger partial charge in [0.1, 0.15) is 6.04 Å². The maximum atomic E-state index is 11.1. The van der Waals surface area contributed by atoms with Gasteiger partial charge < -0.3 is 9.64 Å². The number of amides is 1. The molecule has 5 nitrogen and oxygen atoms in total. The Kier molecular flexibility index (Phi) is 3.22. The largest absolute Gasteiger partial charge is 0.410 e. The molecule has 0 aromatic carbocycles. The predicted molar refractivity (Wildman–Crippen MR) is 49.9 cm³/mol. The van der Waals surface area contributed by atoms with Crippen molar-refractivity contribution in [2.75, 3.05) is 6.54 Å². The maximum absolute atomic E-state index is 11.1. The lowest BCUT2D eigenvalue weighted by Gasteiger charge is -2.22. The minimum Gasteiger partial charge on any atom is -0.410 e. The summed E-state index contributed by atoms with van der Waals surface area (Å²) in [5.41, 5.74) is 0. The van der Waals surface area contributed by atoms with Crippen LogP contribution in [0.25, 0.3) is 0 Å². The van der Waals surface area contributed by atoms with E-state index in [2.05, 4.69) is 4.74 Å². The highest BCUT2D eigenvalue weighted by atomic mass is 16.5. The van der Waals surface area contributed by atoms with E-state index in [0.29, 0.717) is 13.0 Å². The number of hydrogen-bond acceptors (Lipinski definition) is 4. The predicted octanol–water partition coefficient (Wildman–Crippen LogP) is 0.538. The molecule has 0 aliphatic carbocycles. The highest BCUT2D eigenvalue weighted by Crippen LogP contribution is 2.18. The second kappa shape index (κ2) is 4.21. The molecule has 0 radical (unpaired) electrons. The lowest BCUT2D eigenvalue weighted by atomic mass is 10.2. The SMILES string of the molecule is CC(=O)OC(=N)[C@@H]1CCCN1C(C)=O. The van der Waals surface area contributed by atoms with Gasteiger partial charge in [0.05, 0.1) is 0 Å². The minimum absolute atomic E-state index is 0.0793. The van der Waals surface area contributed by atoms with Gasteiger partial charge in [0.2, 0.25) is 11.8 Å². The third-order valence-electron chi connectivity index (χ3n) is 2.21. The summed E-state index contributed by atoms with van der Waals surface area (Å²) < 4.78 is 4.67. The summed E-state index contributed by atoms with van der Waals surface area (Å²) in [5.74, 6) is -0.708. The van der Waals surface area contributed by atoms with Crippen molar-refractivity contribution in [3.63, 3.8) is 0 Å². The van der Waals surface area contributed by atoms with Crippen molar-refractivity contribution >= 4 is 17.8 Å². The fourth-order valence-corrected chi connectivity index (χ4v) is 1.64. The van der Waals surface area contributed by atoms with Crippen LogP contribution in [0.3, 0.4) is 0 Å². The van der Waals surface area contributed by atoms with Crippen LogP contribution in [0.15, 0.2) is 0 Å². The van der Waals surface area contributed by atoms with Crippen LogP contribution in [-0.2, 0) is 14.3 Å². The van der Waals surface area contributed by atoms with Crippen molar-refractivity contribution in [1.82, 2.24) is 4.90 Å². The molecule has 78 valence electrons.